The van der Waals surface area contributed by atoms with E-state index in [1.807, 2.05) is 24.4 Å². The molecule has 0 aliphatic carbocycles. The SMILES string of the molecule is COc1ccc(Br)c(C(=O)OCC(=O)N[C@@H](C)c2cccs2)c1. The van der Waals surface area contributed by atoms with Crippen molar-refractivity contribution in [2.75, 3.05) is 13.7 Å². The van der Waals surface area contributed by atoms with Crippen LogP contribution in [-0.2, 0) is 9.53 Å². The predicted octanol–water partition coefficient (Wildman–Crippen LogP) is 3.55. The fourth-order valence-electron chi connectivity index (χ4n) is 1.89. The second kappa shape index (κ2) is 8.12. The summed E-state index contributed by atoms with van der Waals surface area (Å²) in [6.45, 7) is 1.54. The van der Waals surface area contributed by atoms with E-state index in [-0.39, 0.29) is 18.6 Å². The van der Waals surface area contributed by atoms with Crippen molar-refractivity contribution in [3.05, 3.63) is 50.6 Å². The Kier molecular flexibility index (Phi) is 6.18. The Balaban J connectivity index is 1.90. The summed E-state index contributed by atoms with van der Waals surface area (Å²) >= 11 is 4.84. The van der Waals surface area contributed by atoms with E-state index in [2.05, 4.69) is 21.2 Å². The number of carbonyl (C=O) groups excluding carboxylic acids is 2. The molecule has 0 saturated heterocycles. The Hall–Kier alpha value is -1.86. The zero-order chi connectivity index (χ0) is 16.8. The number of halogens is 1. The van der Waals surface area contributed by atoms with Gasteiger partial charge >= 0.3 is 5.97 Å². The van der Waals surface area contributed by atoms with Gasteiger partial charge in [-0.05, 0) is 52.5 Å². The summed E-state index contributed by atoms with van der Waals surface area (Å²) in [5, 5.41) is 4.73. The van der Waals surface area contributed by atoms with Crippen LogP contribution in [0.25, 0.3) is 0 Å². The van der Waals surface area contributed by atoms with Gasteiger partial charge in [0.1, 0.15) is 5.75 Å². The molecule has 5 nitrogen and oxygen atoms in total. The molecule has 1 N–H and O–H groups in total. The number of hydrogen-bond donors (Lipinski definition) is 1. The summed E-state index contributed by atoms with van der Waals surface area (Å²) in [7, 11) is 1.51. The fraction of sp³-hybridized carbons (Fsp3) is 0.250. The monoisotopic (exact) mass is 397 g/mol. The van der Waals surface area contributed by atoms with Crippen LogP contribution in [0.1, 0.15) is 28.2 Å². The van der Waals surface area contributed by atoms with Gasteiger partial charge in [-0.3, -0.25) is 4.79 Å². The van der Waals surface area contributed by atoms with Crippen molar-refractivity contribution in [1.29, 1.82) is 0 Å². The summed E-state index contributed by atoms with van der Waals surface area (Å²) in [6, 6.07) is 8.70. The average Bonchev–Trinajstić information content (AvgIpc) is 3.07. The van der Waals surface area contributed by atoms with Crippen LogP contribution in [0.3, 0.4) is 0 Å². The van der Waals surface area contributed by atoms with Gasteiger partial charge in [0.25, 0.3) is 5.91 Å². The summed E-state index contributed by atoms with van der Waals surface area (Å²) in [5.41, 5.74) is 0.309. The number of amides is 1. The minimum Gasteiger partial charge on any atom is -0.497 e. The van der Waals surface area contributed by atoms with Crippen LogP contribution in [0.15, 0.2) is 40.2 Å². The van der Waals surface area contributed by atoms with Crippen molar-refractivity contribution in [1.82, 2.24) is 5.32 Å². The zero-order valence-electron chi connectivity index (χ0n) is 12.7. The van der Waals surface area contributed by atoms with Gasteiger partial charge in [0.2, 0.25) is 0 Å². The Morgan fingerprint density at radius 2 is 2.13 bits per heavy atom. The number of rotatable bonds is 6. The van der Waals surface area contributed by atoms with Crippen molar-refractivity contribution in [3.63, 3.8) is 0 Å². The molecule has 1 aromatic carbocycles. The van der Waals surface area contributed by atoms with Gasteiger partial charge in [-0.15, -0.1) is 11.3 Å². The molecule has 7 heteroatoms. The van der Waals surface area contributed by atoms with Crippen molar-refractivity contribution in [2.45, 2.75) is 13.0 Å². The molecule has 0 fully saturated rings. The quantitative estimate of drug-likeness (QED) is 0.756. The van der Waals surface area contributed by atoms with Crippen LogP contribution >= 0.6 is 27.3 Å². The number of thiophene rings is 1. The highest BCUT2D eigenvalue weighted by atomic mass is 79.9. The van der Waals surface area contributed by atoms with E-state index < -0.39 is 5.97 Å². The summed E-state index contributed by atoms with van der Waals surface area (Å²) in [5.74, 6) is -0.399. The number of nitrogens with one attached hydrogen (secondary N) is 1. The molecule has 0 aliphatic rings. The van der Waals surface area contributed by atoms with E-state index in [4.69, 9.17) is 9.47 Å². The Morgan fingerprint density at radius 3 is 2.78 bits per heavy atom. The van der Waals surface area contributed by atoms with E-state index >= 15 is 0 Å². The summed E-state index contributed by atoms with van der Waals surface area (Å²) in [6.07, 6.45) is 0. The van der Waals surface area contributed by atoms with Crippen molar-refractivity contribution in [2.24, 2.45) is 0 Å². The molecular formula is C16H16BrNO4S. The number of carbonyl (C=O) groups is 2. The lowest BCUT2D eigenvalue weighted by atomic mass is 10.2. The van der Waals surface area contributed by atoms with Crippen LogP contribution in [-0.4, -0.2) is 25.6 Å². The normalized spacial score (nSPS) is 11.6. The Bertz CT molecular complexity index is 687. The molecule has 23 heavy (non-hydrogen) atoms. The number of benzene rings is 1. The van der Waals surface area contributed by atoms with E-state index in [1.54, 1.807) is 29.5 Å². The third kappa shape index (κ3) is 4.80. The van der Waals surface area contributed by atoms with Gasteiger partial charge in [0, 0.05) is 9.35 Å². The molecule has 0 aliphatic heterocycles. The van der Waals surface area contributed by atoms with Gasteiger partial charge in [0.15, 0.2) is 6.61 Å². The lowest BCUT2D eigenvalue weighted by Gasteiger charge is -2.12. The maximum atomic E-state index is 12.1. The number of hydrogen-bond acceptors (Lipinski definition) is 5. The Morgan fingerprint density at radius 1 is 1.35 bits per heavy atom. The molecule has 122 valence electrons. The van der Waals surface area contributed by atoms with Crippen LogP contribution in [0, 0.1) is 0 Å². The molecule has 0 saturated carbocycles. The molecule has 0 radical (unpaired) electrons. The van der Waals surface area contributed by atoms with Gasteiger partial charge in [-0.1, -0.05) is 6.07 Å². The van der Waals surface area contributed by atoms with E-state index in [9.17, 15) is 9.59 Å². The smallest absolute Gasteiger partial charge is 0.339 e. The lowest BCUT2D eigenvalue weighted by molar-refractivity contribution is -0.124. The first kappa shape index (κ1) is 17.5. The largest absolute Gasteiger partial charge is 0.497 e. The van der Waals surface area contributed by atoms with Crippen molar-refractivity contribution in [3.8, 4) is 5.75 Å². The fourth-order valence-corrected chi connectivity index (χ4v) is 3.03. The highest BCUT2D eigenvalue weighted by molar-refractivity contribution is 9.10. The first-order valence-corrected chi connectivity index (χ1v) is 8.52. The zero-order valence-corrected chi connectivity index (χ0v) is 15.1. The molecule has 1 amide bonds. The van der Waals surface area contributed by atoms with Crippen LogP contribution < -0.4 is 10.1 Å². The molecular weight excluding hydrogens is 382 g/mol. The second-order valence-electron chi connectivity index (χ2n) is 4.73. The summed E-state index contributed by atoms with van der Waals surface area (Å²) in [4.78, 5) is 25.0. The molecule has 2 rings (SSSR count). The molecule has 0 bridgehead atoms. The molecule has 1 atom stereocenters. The minimum atomic E-state index is -0.588. The van der Waals surface area contributed by atoms with Gasteiger partial charge in [0.05, 0.1) is 18.7 Å². The maximum Gasteiger partial charge on any atom is 0.339 e. The van der Waals surface area contributed by atoms with E-state index in [0.717, 1.165) is 4.88 Å². The third-order valence-electron chi connectivity index (χ3n) is 3.08. The van der Waals surface area contributed by atoms with Gasteiger partial charge < -0.3 is 14.8 Å². The van der Waals surface area contributed by atoms with Crippen LogP contribution in [0.2, 0.25) is 0 Å². The highest BCUT2D eigenvalue weighted by Gasteiger charge is 2.16. The predicted molar refractivity (Wildman–Crippen MR) is 91.9 cm³/mol. The minimum absolute atomic E-state index is 0.121. The third-order valence-corrected chi connectivity index (χ3v) is 4.82. The van der Waals surface area contributed by atoms with Crippen LogP contribution in [0.4, 0.5) is 0 Å². The molecule has 2 aromatic rings. The van der Waals surface area contributed by atoms with E-state index in [0.29, 0.717) is 15.8 Å². The van der Waals surface area contributed by atoms with Crippen molar-refractivity contribution >= 4 is 39.1 Å². The standard InChI is InChI=1S/C16H16BrNO4S/c1-10(14-4-3-7-23-14)18-15(19)9-22-16(20)12-8-11(21-2)5-6-13(12)17/h3-8,10H,9H2,1-2H3,(H,18,19)/t10-/m0/s1. The maximum absolute atomic E-state index is 12.1. The lowest BCUT2D eigenvalue weighted by Crippen LogP contribution is -2.30. The van der Waals surface area contributed by atoms with Gasteiger partial charge in [-0.2, -0.15) is 0 Å². The first-order chi connectivity index (χ1) is 11.0. The van der Waals surface area contributed by atoms with Crippen molar-refractivity contribution < 1.29 is 19.1 Å². The number of esters is 1. The molecule has 0 unspecified atom stereocenters. The average molecular weight is 398 g/mol. The number of ether oxygens (including phenoxy) is 2. The summed E-state index contributed by atoms with van der Waals surface area (Å²) < 4.78 is 10.7. The second-order valence-corrected chi connectivity index (χ2v) is 6.56. The molecule has 1 aromatic heterocycles. The molecule has 1 heterocycles. The number of methoxy groups -OCH3 is 1. The Labute approximate surface area is 146 Å². The highest BCUT2D eigenvalue weighted by Crippen LogP contribution is 2.23. The molecule has 0 spiro atoms. The van der Waals surface area contributed by atoms with E-state index in [1.165, 1.54) is 7.11 Å². The topological polar surface area (TPSA) is 64.6 Å². The van der Waals surface area contributed by atoms with Crippen LogP contribution in [0.5, 0.6) is 5.75 Å². The van der Waals surface area contributed by atoms with Gasteiger partial charge in [-0.25, -0.2) is 4.79 Å². The first-order valence-electron chi connectivity index (χ1n) is 6.84.